The van der Waals surface area contributed by atoms with Crippen LogP contribution in [0, 0.1) is 0 Å². The summed E-state index contributed by atoms with van der Waals surface area (Å²) in [4.78, 5) is 8.69. The summed E-state index contributed by atoms with van der Waals surface area (Å²) in [5, 5.41) is 3.71. The van der Waals surface area contributed by atoms with Crippen molar-refractivity contribution >= 4 is 28.9 Å². The van der Waals surface area contributed by atoms with Crippen LogP contribution in [0.25, 0.3) is 10.4 Å². The molecule has 1 atom stereocenters. The lowest BCUT2D eigenvalue weighted by Crippen LogP contribution is -2.44. The lowest BCUT2D eigenvalue weighted by Gasteiger charge is -2.31. The Morgan fingerprint density at radius 2 is 2.24 bits per heavy atom. The van der Waals surface area contributed by atoms with Crippen LogP contribution < -0.4 is 4.74 Å². The Hall–Kier alpha value is -1.47. The minimum absolute atomic E-state index is 0.648. The van der Waals surface area contributed by atoms with Crippen molar-refractivity contribution in [1.82, 2.24) is 4.90 Å². The molecule has 0 bridgehead atoms. The van der Waals surface area contributed by atoms with Gasteiger partial charge in [-0.3, -0.25) is 4.99 Å². The average Bonchev–Trinajstić information content (AvgIpc) is 2.84. The van der Waals surface area contributed by atoms with E-state index < -0.39 is 3.86 Å². The Labute approximate surface area is 112 Å². The first-order chi connectivity index (χ1) is 8.24. The number of benzene rings is 1. The smallest absolute Gasteiger partial charge is 0.315 e. The molecule has 88 valence electrons. The van der Waals surface area contributed by atoms with E-state index in [9.17, 15) is 0 Å². The molecule has 1 heterocycles. The average molecular weight is 343 g/mol. The first-order valence-electron chi connectivity index (χ1n) is 5.00. The van der Waals surface area contributed by atoms with Gasteiger partial charge in [0.1, 0.15) is 5.75 Å². The normalized spacial score (nSPS) is 17.4. The van der Waals surface area contributed by atoms with Crippen LogP contribution in [0.3, 0.4) is 0 Å². The Morgan fingerprint density at radius 3 is 2.82 bits per heavy atom. The lowest BCUT2D eigenvalue weighted by atomic mass is 10.3. The van der Waals surface area contributed by atoms with Gasteiger partial charge in [-0.05, 0) is 22.8 Å². The maximum atomic E-state index is 8.64. The van der Waals surface area contributed by atoms with Gasteiger partial charge < -0.3 is 9.64 Å². The number of para-hydroxylation sites is 1. The summed E-state index contributed by atoms with van der Waals surface area (Å²) in [5.74, 6) is 0.648. The number of ether oxygens (including phenoxy) is 1. The molecular weight excluding hydrogens is 333 g/mol. The highest BCUT2D eigenvalue weighted by atomic mass is 127. The second kappa shape index (κ2) is 5.24. The van der Waals surface area contributed by atoms with Gasteiger partial charge in [0, 0.05) is 34.0 Å². The largest absolute Gasteiger partial charge is 0.453 e. The molecule has 1 aliphatic heterocycles. The van der Waals surface area contributed by atoms with Gasteiger partial charge in [0.15, 0.2) is 0 Å². The number of halogens is 1. The molecule has 1 aromatic rings. The summed E-state index contributed by atoms with van der Waals surface area (Å²) in [6, 6.07) is 9.24. The number of aliphatic imine (C=N–C) groups is 1. The third-order valence-electron chi connectivity index (χ3n) is 2.20. The van der Waals surface area contributed by atoms with E-state index in [1.165, 1.54) is 0 Å². The highest BCUT2D eigenvalue weighted by Crippen LogP contribution is 2.30. The topological polar surface area (TPSA) is 73.6 Å². The van der Waals surface area contributed by atoms with Gasteiger partial charge in [-0.25, -0.2) is 0 Å². The van der Waals surface area contributed by atoms with Gasteiger partial charge in [0.25, 0.3) is 0 Å². The van der Waals surface area contributed by atoms with Crippen LogP contribution in [0.15, 0.2) is 40.4 Å². The van der Waals surface area contributed by atoms with Gasteiger partial charge in [-0.1, -0.05) is 18.2 Å². The monoisotopic (exact) mass is 343 g/mol. The Balaban J connectivity index is 2.22. The maximum Gasteiger partial charge on any atom is 0.315 e. The highest BCUT2D eigenvalue weighted by Gasteiger charge is 2.35. The second-order valence-electron chi connectivity index (χ2n) is 3.35. The Bertz CT molecular complexity index is 459. The molecule has 0 aromatic heterocycles. The lowest BCUT2D eigenvalue weighted by molar-refractivity contribution is 0.0769. The summed E-state index contributed by atoms with van der Waals surface area (Å²) >= 11 is 1.97. The predicted octanol–water partition coefficient (Wildman–Crippen LogP) is 2.77. The second-order valence-corrected chi connectivity index (χ2v) is 4.75. The molecule has 7 heteroatoms. The van der Waals surface area contributed by atoms with E-state index in [-0.39, 0.29) is 0 Å². The van der Waals surface area contributed by atoms with Crippen molar-refractivity contribution in [2.45, 2.75) is 3.86 Å². The van der Waals surface area contributed by atoms with E-state index >= 15 is 0 Å². The first kappa shape index (κ1) is 12.0. The number of azide groups is 1. The fourth-order valence-electron chi connectivity index (χ4n) is 1.42. The summed E-state index contributed by atoms with van der Waals surface area (Å²) in [7, 11) is 0. The van der Waals surface area contributed by atoms with Gasteiger partial charge in [-0.2, -0.15) is 0 Å². The van der Waals surface area contributed by atoms with E-state index in [1.807, 2.05) is 52.9 Å². The van der Waals surface area contributed by atoms with Crippen molar-refractivity contribution < 1.29 is 4.74 Å². The number of alkyl halides is 1. The molecule has 0 radical (unpaired) electrons. The summed E-state index contributed by atoms with van der Waals surface area (Å²) in [6.45, 7) is 1.36. The van der Waals surface area contributed by atoms with E-state index in [2.05, 4.69) is 15.0 Å². The van der Waals surface area contributed by atoms with Crippen LogP contribution in [-0.2, 0) is 0 Å². The quantitative estimate of drug-likeness (QED) is 0.211. The van der Waals surface area contributed by atoms with E-state index in [1.54, 1.807) is 11.2 Å². The van der Waals surface area contributed by atoms with Gasteiger partial charge in [0.2, 0.25) is 0 Å². The predicted molar refractivity (Wildman–Crippen MR) is 73.0 cm³/mol. The minimum Gasteiger partial charge on any atom is -0.453 e. The third kappa shape index (κ3) is 2.80. The molecule has 1 unspecified atom stereocenters. The van der Waals surface area contributed by atoms with E-state index in [0.29, 0.717) is 18.8 Å². The van der Waals surface area contributed by atoms with Crippen LogP contribution in [-0.4, -0.2) is 28.2 Å². The molecule has 0 saturated heterocycles. The number of nitrogens with zero attached hydrogens (tertiary/aromatic N) is 5. The third-order valence-corrected chi connectivity index (χ3v) is 3.26. The number of hydrogen-bond acceptors (Lipinski definition) is 4. The van der Waals surface area contributed by atoms with Crippen LogP contribution in [0.2, 0.25) is 0 Å². The number of rotatable bonds is 4. The highest BCUT2D eigenvalue weighted by molar-refractivity contribution is 14.1. The molecule has 0 N–H and O–H groups in total. The van der Waals surface area contributed by atoms with Crippen molar-refractivity contribution in [2.24, 2.45) is 10.1 Å². The van der Waals surface area contributed by atoms with Crippen molar-refractivity contribution in [2.75, 3.05) is 13.1 Å². The van der Waals surface area contributed by atoms with E-state index in [0.717, 1.165) is 0 Å². The zero-order chi connectivity index (χ0) is 12.1. The zero-order valence-corrected chi connectivity index (χ0v) is 11.1. The zero-order valence-electron chi connectivity index (χ0n) is 8.90. The standard InChI is InChI=1S/C10H10IN5O/c11-10(14-15-12,16-7-6-13-8-16)17-9-4-2-1-3-5-9/h1-5,8H,6-7H2. The van der Waals surface area contributed by atoms with E-state index in [4.69, 9.17) is 10.3 Å². The van der Waals surface area contributed by atoms with Crippen LogP contribution in [0.4, 0.5) is 0 Å². The molecule has 17 heavy (non-hydrogen) atoms. The molecule has 0 amide bonds. The molecule has 2 rings (SSSR count). The van der Waals surface area contributed by atoms with Crippen molar-refractivity contribution in [3.05, 3.63) is 40.8 Å². The van der Waals surface area contributed by atoms with Crippen molar-refractivity contribution in [3.8, 4) is 5.75 Å². The molecule has 0 fully saturated rings. The van der Waals surface area contributed by atoms with Crippen molar-refractivity contribution in [1.29, 1.82) is 0 Å². The Kier molecular flexibility index (Phi) is 3.70. The molecular formula is C10H10IN5O. The van der Waals surface area contributed by atoms with Gasteiger partial charge in [-0.15, -0.1) is 0 Å². The van der Waals surface area contributed by atoms with Crippen LogP contribution >= 0.6 is 22.6 Å². The summed E-state index contributed by atoms with van der Waals surface area (Å²) in [5.41, 5.74) is 8.64. The summed E-state index contributed by atoms with van der Waals surface area (Å²) < 4.78 is 4.62. The number of hydrogen-bond donors (Lipinski definition) is 0. The molecule has 1 aromatic carbocycles. The van der Waals surface area contributed by atoms with Crippen molar-refractivity contribution in [3.63, 3.8) is 0 Å². The SMILES string of the molecule is [N-]=[N+]=NC(I)(Oc1ccccc1)N1C=NCC1. The maximum absolute atomic E-state index is 8.64. The molecule has 1 aliphatic rings. The first-order valence-corrected chi connectivity index (χ1v) is 6.08. The summed E-state index contributed by atoms with van der Waals surface area (Å²) in [6.07, 6.45) is 1.64. The molecule has 0 saturated carbocycles. The molecule has 6 nitrogen and oxygen atoms in total. The minimum atomic E-state index is -1.10. The van der Waals surface area contributed by atoms with Crippen LogP contribution in [0.5, 0.6) is 5.75 Å². The fourth-order valence-corrected chi connectivity index (χ4v) is 2.14. The van der Waals surface area contributed by atoms with Gasteiger partial charge in [0.05, 0.1) is 12.9 Å². The molecule has 0 spiro atoms. The fraction of sp³-hybridized carbons (Fsp3) is 0.300. The van der Waals surface area contributed by atoms with Crippen LogP contribution in [0.1, 0.15) is 0 Å². The van der Waals surface area contributed by atoms with Gasteiger partial charge >= 0.3 is 3.86 Å². The molecule has 0 aliphatic carbocycles. The Morgan fingerprint density at radius 1 is 1.47 bits per heavy atom.